The lowest BCUT2D eigenvalue weighted by molar-refractivity contribution is -0.133. The molecule has 7 nitrogen and oxygen atoms in total. The fourth-order valence-electron chi connectivity index (χ4n) is 4.50. The molecule has 4 heterocycles. The number of piperazine rings is 1. The molecule has 0 spiro atoms. The molecule has 0 saturated carbocycles. The van der Waals surface area contributed by atoms with Gasteiger partial charge in [0.25, 0.3) is 0 Å². The van der Waals surface area contributed by atoms with Crippen molar-refractivity contribution >= 4 is 11.9 Å². The number of amides is 1. The third-order valence-corrected chi connectivity index (χ3v) is 6.31. The number of hydrogen-bond donors (Lipinski definition) is 0. The van der Waals surface area contributed by atoms with Crippen molar-refractivity contribution in [2.45, 2.75) is 39.0 Å². The van der Waals surface area contributed by atoms with Crippen LogP contribution in [0.3, 0.4) is 0 Å². The van der Waals surface area contributed by atoms with Crippen LogP contribution in [-0.2, 0) is 4.79 Å². The molecule has 166 valence electrons. The second-order valence-corrected chi connectivity index (χ2v) is 9.28. The summed E-state index contributed by atoms with van der Waals surface area (Å²) >= 11 is 0. The quantitative estimate of drug-likeness (QED) is 0.738. The molecule has 7 heteroatoms. The molecule has 0 aromatic carbocycles. The van der Waals surface area contributed by atoms with Crippen LogP contribution in [0.2, 0.25) is 0 Å². The maximum absolute atomic E-state index is 12.8. The topological polar surface area (TPSA) is 65.5 Å². The summed E-state index contributed by atoms with van der Waals surface area (Å²) in [6, 6.07) is 4.02. The predicted molar refractivity (Wildman–Crippen MR) is 123 cm³/mol. The van der Waals surface area contributed by atoms with Crippen molar-refractivity contribution in [3.05, 3.63) is 36.4 Å². The first kappa shape index (κ1) is 21.7. The maximum Gasteiger partial charge on any atom is 0.225 e. The molecule has 4 rings (SSSR count). The van der Waals surface area contributed by atoms with Gasteiger partial charge in [0.05, 0.1) is 5.69 Å². The average molecular weight is 423 g/mol. The third-order valence-electron chi connectivity index (χ3n) is 6.31. The van der Waals surface area contributed by atoms with Crippen LogP contribution in [0.15, 0.2) is 30.7 Å². The summed E-state index contributed by atoms with van der Waals surface area (Å²) in [5.41, 5.74) is 3.13. The van der Waals surface area contributed by atoms with Crippen molar-refractivity contribution in [1.82, 2.24) is 24.8 Å². The summed E-state index contributed by atoms with van der Waals surface area (Å²) in [5, 5.41) is 0. The number of aromatic nitrogens is 3. The molecule has 2 aliphatic heterocycles. The van der Waals surface area contributed by atoms with Crippen LogP contribution in [0.25, 0.3) is 11.1 Å². The van der Waals surface area contributed by atoms with Crippen LogP contribution in [0, 0.1) is 5.92 Å². The summed E-state index contributed by atoms with van der Waals surface area (Å²) in [4.78, 5) is 33.6. The van der Waals surface area contributed by atoms with E-state index in [2.05, 4.69) is 41.7 Å². The van der Waals surface area contributed by atoms with Crippen molar-refractivity contribution in [2.75, 3.05) is 51.2 Å². The van der Waals surface area contributed by atoms with E-state index >= 15 is 0 Å². The normalized spacial score (nSPS) is 20.3. The van der Waals surface area contributed by atoms with E-state index < -0.39 is 0 Å². The second kappa shape index (κ2) is 9.73. The molecular formula is C24H34N6O. The van der Waals surface area contributed by atoms with E-state index in [1.807, 2.05) is 23.4 Å². The van der Waals surface area contributed by atoms with Gasteiger partial charge in [0.1, 0.15) is 0 Å². The van der Waals surface area contributed by atoms with Gasteiger partial charge in [-0.25, -0.2) is 9.97 Å². The Kier molecular flexibility index (Phi) is 6.80. The number of likely N-dealkylation sites (N-methyl/N-ethyl adjacent to an activating group) is 1. The zero-order valence-corrected chi connectivity index (χ0v) is 19.0. The van der Waals surface area contributed by atoms with Crippen LogP contribution in [0.4, 0.5) is 5.95 Å². The maximum atomic E-state index is 12.8. The minimum atomic E-state index is 0.217. The van der Waals surface area contributed by atoms with Gasteiger partial charge in [0.15, 0.2) is 0 Å². The summed E-state index contributed by atoms with van der Waals surface area (Å²) in [6.45, 7) is 9.70. The van der Waals surface area contributed by atoms with Crippen LogP contribution in [-0.4, -0.2) is 77.0 Å². The highest BCUT2D eigenvalue weighted by Crippen LogP contribution is 2.34. The molecule has 0 bridgehead atoms. The lowest BCUT2D eigenvalue weighted by atomic mass is 9.90. The molecule has 2 saturated heterocycles. The van der Waals surface area contributed by atoms with E-state index in [1.165, 1.54) is 0 Å². The number of nitrogens with zero attached hydrogens (tertiary/aromatic N) is 6. The van der Waals surface area contributed by atoms with Gasteiger partial charge in [-0.2, -0.15) is 0 Å². The minimum absolute atomic E-state index is 0.217. The van der Waals surface area contributed by atoms with E-state index in [-0.39, 0.29) is 11.8 Å². The first-order valence-electron chi connectivity index (χ1n) is 11.5. The molecule has 2 aromatic rings. The molecule has 31 heavy (non-hydrogen) atoms. The number of pyridine rings is 1. The van der Waals surface area contributed by atoms with Gasteiger partial charge in [-0.3, -0.25) is 9.78 Å². The fraction of sp³-hybridized carbons (Fsp3) is 0.583. The van der Waals surface area contributed by atoms with Gasteiger partial charge in [-0.15, -0.1) is 0 Å². The van der Waals surface area contributed by atoms with Crippen molar-refractivity contribution < 1.29 is 4.79 Å². The summed E-state index contributed by atoms with van der Waals surface area (Å²) in [5.74, 6) is 1.66. The Morgan fingerprint density at radius 3 is 2.68 bits per heavy atom. The van der Waals surface area contributed by atoms with E-state index in [0.717, 1.165) is 74.9 Å². The number of hydrogen-bond acceptors (Lipinski definition) is 6. The van der Waals surface area contributed by atoms with Crippen molar-refractivity contribution in [2.24, 2.45) is 5.92 Å². The number of likely N-dealkylation sites (tertiary alicyclic amines) is 1. The van der Waals surface area contributed by atoms with Gasteiger partial charge in [-0.1, -0.05) is 19.9 Å². The highest BCUT2D eigenvalue weighted by Gasteiger charge is 2.29. The summed E-state index contributed by atoms with van der Waals surface area (Å²) in [6.07, 6.45) is 8.28. The average Bonchev–Trinajstić information content (AvgIpc) is 2.79. The Morgan fingerprint density at radius 1 is 1.16 bits per heavy atom. The Hall–Kier alpha value is -2.54. The Labute approximate surface area is 185 Å². The van der Waals surface area contributed by atoms with Crippen molar-refractivity contribution in [1.29, 1.82) is 0 Å². The molecule has 1 amide bonds. The predicted octanol–water partition coefficient (Wildman–Crippen LogP) is 3.04. The van der Waals surface area contributed by atoms with Gasteiger partial charge in [0.2, 0.25) is 11.9 Å². The smallest absolute Gasteiger partial charge is 0.225 e. The molecule has 2 aromatic heterocycles. The largest absolute Gasteiger partial charge is 0.342 e. The zero-order chi connectivity index (χ0) is 21.8. The first-order chi connectivity index (χ1) is 15.0. The number of anilines is 1. The third kappa shape index (κ3) is 5.21. The first-order valence-corrected chi connectivity index (χ1v) is 11.5. The van der Waals surface area contributed by atoms with Crippen LogP contribution >= 0.6 is 0 Å². The Morgan fingerprint density at radius 2 is 1.97 bits per heavy atom. The fourth-order valence-corrected chi connectivity index (χ4v) is 4.50. The number of carbonyl (C=O) groups excluding carboxylic acids is 1. The molecule has 2 fully saturated rings. The highest BCUT2D eigenvalue weighted by molar-refractivity contribution is 5.76. The lowest BCUT2D eigenvalue weighted by Crippen LogP contribution is -2.45. The lowest BCUT2D eigenvalue weighted by Gasteiger charge is -2.35. The molecule has 1 unspecified atom stereocenters. The minimum Gasteiger partial charge on any atom is -0.342 e. The van der Waals surface area contributed by atoms with E-state index in [9.17, 15) is 4.79 Å². The van der Waals surface area contributed by atoms with Gasteiger partial charge in [0, 0.05) is 81.3 Å². The Balaban J connectivity index is 1.64. The number of carbonyl (C=O) groups is 1. The second-order valence-electron chi connectivity index (χ2n) is 9.28. The van der Waals surface area contributed by atoms with E-state index in [0.29, 0.717) is 12.3 Å². The van der Waals surface area contributed by atoms with Crippen LogP contribution < -0.4 is 4.90 Å². The van der Waals surface area contributed by atoms with Gasteiger partial charge in [-0.05, 0) is 31.9 Å². The van der Waals surface area contributed by atoms with Crippen LogP contribution in [0.5, 0.6) is 0 Å². The van der Waals surface area contributed by atoms with E-state index in [4.69, 9.17) is 9.97 Å². The summed E-state index contributed by atoms with van der Waals surface area (Å²) < 4.78 is 0. The molecule has 0 aliphatic carbocycles. The molecule has 2 aliphatic rings. The van der Waals surface area contributed by atoms with Gasteiger partial charge >= 0.3 is 0 Å². The van der Waals surface area contributed by atoms with Crippen molar-refractivity contribution in [3.8, 4) is 11.1 Å². The molecule has 1 atom stereocenters. The molecule has 0 radical (unpaired) electrons. The molecule has 0 N–H and O–H groups in total. The van der Waals surface area contributed by atoms with Gasteiger partial charge < -0.3 is 14.7 Å². The molecular weight excluding hydrogens is 388 g/mol. The summed E-state index contributed by atoms with van der Waals surface area (Å²) in [7, 11) is 2.15. The van der Waals surface area contributed by atoms with Crippen LogP contribution in [0.1, 0.15) is 44.7 Å². The Bertz CT molecular complexity index is 879. The van der Waals surface area contributed by atoms with E-state index in [1.54, 1.807) is 6.20 Å². The standard InChI is InChI=1S/C24H34N6O/c1-18(2)14-22(31)30-9-5-7-20(17-30)23-21(19-6-4-8-25-15-19)16-26-24(27-23)29-12-10-28(3)11-13-29/h4,6,8,15-16,18,20H,5,7,9-14,17H2,1-3H3. The van der Waals surface area contributed by atoms with Crippen molar-refractivity contribution in [3.63, 3.8) is 0 Å². The monoisotopic (exact) mass is 422 g/mol. The number of rotatable bonds is 5. The number of piperidine rings is 1. The SMILES string of the molecule is CC(C)CC(=O)N1CCCC(c2nc(N3CCN(C)CC3)ncc2-c2cccnc2)C1. The zero-order valence-electron chi connectivity index (χ0n) is 19.0. The highest BCUT2D eigenvalue weighted by atomic mass is 16.2.